The minimum absolute atomic E-state index is 0.0380. The number of ether oxygens (including phenoxy) is 1. The topological polar surface area (TPSA) is 103 Å². The summed E-state index contributed by atoms with van der Waals surface area (Å²) in [6.07, 6.45) is 2.11. The lowest BCUT2D eigenvalue weighted by Gasteiger charge is -2.13. The molecule has 0 amide bonds. The molecule has 0 aliphatic rings. The van der Waals surface area contributed by atoms with Gasteiger partial charge in [0.25, 0.3) is 0 Å². The van der Waals surface area contributed by atoms with Crippen molar-refractivity contribution in [2.24, 2.45) is 13.0 Å². The predicted molar refractivity (Wildman–Crippen MR) is 126 cm³/mol. The first-order valence-corrected chi connectivity index (χ1v) is 12.1. The first kappa shape index (κ1) is 23.7. The van der Waals surface area contributed by atoms with Gasteiger partial charge < -0.3 is 9.30 Å². The van der Waals surface area contributed by atoms with Gasteiger partial charge >= 0.3 is 6.01 Å². The molecule has 0 atom stereocenters. The van der Waals surface area contributed by atoms with Gasteiger partial charge in [0.15, 0.2) is 5.75 Å². The Balaban J connectivity index is 2.05. The maximum absolute atomic E-state index is 12.5. The van der Waals surface area contributed by atoms with Gasteiger partial charge in [0.05, 0.1) is 16.5 Å². The molecule has 0 fully saturated rings. The molecule has 0 unspecified atom stereocenters. The van der Waals surface area contributed by atoms with E-state index in [1.807, 2.05) is 26.8 Å². The first-order valence-electron chi connectivity index (χ1n) is 10.0. The van der Waals surface area contributed by atoms with Crippen LogP contribution in [0.2, 0.25) is 5.02 Å². The monoisotopic (exact) mass is 476 g/mol. The molecule has 170 valence electrons. The number of rotatable bonds is 8. The Labute approximate surface area is 192 Å². The fourth-order valence-corrected chi connectivity index (χ4v) is 4.42. The summed E-state index contributed by atoms with van der Waals surface area (Å²) in [4.78, 5) is 20.4. The molecule has 32 heavy (non-hydrogen) atoms. The largest absolute Gasteiger partial charge is 0.422 e. The highest BCUT2D eigenvalue weighted by Gasteiger charge is 2.17. The lowest BCUT2D eigenvalue weighted by molar-refractivity contribution is 0.440. The Morgan fingerprint density at radius 2 is 1.94 bits per heavy atom. The number of para-hydroxylation sites is 1. The van der Waals surface area contributed by atoms with Crippen LogP contribution in [0.4, 0.5) is 5.82 Å². The Hall–Kier alpha value is -2.91. The molecular weight excluding hydrogens is 452 g/mol. The molecule has 3 rings (SSSR count). The number of benzene rings is 1. The smallest absolute Gasteiger partial charge is 0.324 e. The highest BCUT2D eigenvalue weighted by molar-refractivity contribution is 7.92. The number of aryl methyl sites for hydroxylation is 2. The number of hydrogen-bond acceptors (Lipinski definition) is 6. The fraction of sp³-hybridized carbons (Fsp3) is 0.318. The number of anilines is 1. The summed E-state index contributed by atoms with van der Waals surface area (Å²) in [6.45, 7) is 5.74. The van der Waals surface area contributed by atoms with Gasteiger partial charge in [-0.25, -0.2) is 8.42 Å². The molecule has 1 N–H and O–H groups in total. The summed E-state index contributed by atoms with van der Waals surface area (Å²) in [6, 6.07) is 9.73. The van der Waals surface area contributed by atoms with Crippen molar-refractivity contribution in [1.82, 2.24) is 14.5 Å². The SMILES string of the molecule is Cc1cccc(Cl)c1Oc1nc(NS(=O)(=O)CCC(C)C)cc(-c2ccc(=O)n(C)c2)n1. The third kappa shape index (κ3) is 6.08. The lowest BCUT2D eigenvalue weighted by Crippen LogP contribution is -2.19. The standard InChI is InChI=1S/C22H25ClN4O4S/c1-14(2)10-11-32(29,30)26-19-12-18(16-8-9-20(28)27(4)13-16)24-22(25-19)31-21-15(3)6-5-7-17(21)23/h5-9,12-14H,10-11H2,1-4H3,(H,24,25,26). The Bertz CT molecular complexity index is 1270. The third-order valence-electron chi connectivity index (χ3n) is 4.67. The van der Waals surface area contributed by atoms with E-state index in [2.05, 4.69) is 14.7 Å². The van der Waals surface area contributed by atoms with Gasteiger partial charge in [-0.05, 0) is 37.0 Å². The Kier molecular flexibility index (Phi) is 7.20. The normalized spacial score (nSPS) is 11.6. The van der Waals surface area contributed by atoms with Crippen molar-refractivity contribution in [1.29, 1.82) is 0 Å². The highest BCUT2D eigenvalue weighted by atomic mass is 35.5. The van der Waals surface area contributed by atoms with Gasteiger partial charge in [-0.2, -0.15) is 9.97 Å². The summed E-state index contributed by atoms with van der Waals surface area (Å²) in [5, 5.41) is 0.375. The van der Waals surface area contributed by atoms with Crippen molar-refractivity contribution in [3.05, 3.63) is 63.5 Å². The number of sulfonamides is 1. The van der Waals surface area contributed by atoms with E-state index in [0.29, 0.717) is 28.5 Å². The maximum Gasteiger partial charge on any atom is 0.324 e. The Morgan fingerprint density at radius 1 is 1.19 bits per heavy atom. The van der Waals surface area contributed by atoms with Crippen molar-refractivity contribution in [3.63, 3.8) is 0 Å². The number of halogens is 1. The number of pyridine rings is 1. The molecule has 2 aromatic heterocycles. The molecule has 8 nitrogen and oxygen atoms in total. The summed E-state index contributed by atoms with van der Waals surface area (Å²) < 4.78 is 34.9. The van der Waals surface area contributed by atoms with E-state index in [1.165, 1.54) is 16.7 Å². The number of aromatic nitrogens is 3. The molecule has 0 spiro atoms. The Morgan fingerprint density at radius 3 is 2.59 bits per heavy atom. The van der Waals surface area contributed by atoms with Crippen LogP contribution in [-0.2, 0) is 17.1 Å². The maximum atomic E-state index is 12.5. The molecule has 0 bridgehead atoms. The van der Waals surface area contributed by atoms with Crippen LogP contribution in [0.1, 0.15) is 25.8 Å². The van der Waals surface area contributed by atoms with Crippen molar-refractivity contribution < 1.29 is 13.2 Å². The van der Waals surface area contributed by atoms with Crippen LogP contribution >= 0.6 is 11.6 Å². The lowest BCUT2D eigenvalue weighted by atomic mass is 10.2. The van der Waals surface area contributed by atoms with Crippen LogP contribution in [0.25, 0.3) is 11.3 Å². The van der Waals surface area contributed by atoms with Crippen molar-refractivity contribution in [2.75, 3.05) is 10.5 Å². The van der Waals surface area contributed by atoms with Crippen LogP contribution < -0.4 is 15.0 Å². The molecular formula is C22H25ClN4O4S. The third-order valence-corrected chi connectivity index (χ3v) is 6.26. The number of nitrogens with one attached hydrogen (secondary N) is 1. The van der Waals surface area contributed by atoms with E-state index in [1.54, 1.807) is 31.4 Å². The second-order valence-electron chi connectivity index (χ2n) is 7.88. The molecule has 0 aliphatic heterocycles. The van der Waals surface area contributed by atoms with E-state index in [0.717, 1.165) is 5.56 Å². The van der Waals surface area contributed by atoms with Crippen molar-refractivity contribution in [3.8, 4) is 23.0 Å². The molecule has 1 aromatic carbocycles. The van der Waals surface area contributed by atoms with Crippen LogP contribution in [0.5, 0.6) is 11.8 Å². The quantitative estimate of drug-likeness (QED) is 0.517. The predicted octanol–water partition coefficient (Wildman–Crippen LogP) is 4.38. The zero-order valence-corrected chi connectivity index (χ0v) is 19.9. The fourth-order valence-electron chi connectivity index (χ4n) is 2.85. The first-order chi connectivity index (χ1) is 15.0. The van der Waals surface area contributed by atoms with Gasteiger partial charge in [0, 0.05) is 30.9 Å². The molecule has 2 heterocycles. The zero-order chi connectivity index (χ0) is 23.5. The van der Waals surface area contributed by atoms with E-state index >= 15 is 0 Å². The highest BCUT2D eigenvalue weighted by Crippen LogP contribution is 2.32. The van der Waals surface area contributed by atoms with E-state index in [9.17, 15) is 13.2 Å². The second kappa shape index (κ2) is 9.70. The van der Waals surface area contributed by atoms with Crippen LogP contribution in [0.3, 0.4) is 0 Å². The summed E-state index contributed by atoms with van der Waals surface area (Å²) >= 11 is 6.26. The van der Waals surface area contributed by atoms with E-state index in [-0.39, 0.29) is 29.1 Å². The zero-order valence-electron chi connectivity index (χ0n) is 18.3. The molecule has 3 aromatic rings. The molecule has 0 saturated heterocycles. The van der Waals surface area contributed by atoms with Gasteiger partial charge in [0.2, 0.25) is 15.6 Å². The summed E-state index contributed by atoms with van der Waals surface area (Å²) in [5.41, 5.74) is 1.57. The minimum atomic E-state index is -3.63. The van der Waals surface area contributed by atoms with Crippen LogP contribution in [-0.4, -0.2) is 28.7 Å². The number of nitrogens with zero attached hydrogens (tertiary/aromatic N) is 3. The van der Waals surface area contributed by atoms with Gasteiger partial charge in [-0.3, -0.25) is 9.52 Å². The molecule has 0 saturated carbocycles. The van der Waals surface area contributed by atoms with E-state index in [4.69, 9.17) is 16.3 Å². The van der Waals surface area contributed by atoms with Gasteiger partial charge in [-0.15, -0.1) is 0 Å². The van der Waals surface area contributed by atoms with Gasteiger partial charge in [-0.1, -0.05) is 37.6 Å². The summed E-state index contributed by atoms with van der Waals surface area (Å²) in [7, 11) is -2.01. The van der Waals surface area contributed by atoms with Crippen LogP contribution in [0.15, 0.2) is 47.4 Å². The van der Waals surface area contributed by atoms with Gasteiger partial charge in [0.1, 0.15) is 5.82 Å². The average molecular weight is 477 g/mol. The van der Waals surface area contributed by atoms with Crippen LogP contribution in [0, 0.1) is 12.8 Å². The number of hydrogen-bond donors (Lipinski definition) is 1. The molecule has 0 aliphatic carbocycles. The van der Waals surface area contributed by atoms with Crippen molar-refractivity contribution in [2.45, 2.75) is 27.2 Å². The van der Waals surface area contributed by atoms with Crippen molar-refractivity contribution >= 4 is 27.4 Å². The minimum Gasteiger partial charge on any atom is -0.422 e. The molecule has 10 heteroatoms. The second-order valence-corrected chi connectivity index (χ2v) is 10.1. The van der Waals surface area contributed by atoms with E-state index < -0.39 is 10.0 Å². The summed E-state index contributed by atoms with van der Waals surface area (Å²) in [5.74, 6) is 0.636. The molecule has 0 radical (unpaired) electrons. The average Bonchev–Trinajstić information content (AvgIpc) is 2.71.